The Hall–Kier alpha value is -0.570. The van der Waals surface area contributed by atoms with Crippen molar-refractivity contribution in [3.8, 4) is 0 Å². The van der Waals surface area contributed by atoms with Crippen molar-refractivity contribution in [1.29, 1.82) is 0 Å². The molecule has 2 atom stereocenters. The molecule has 4 saturated carbocycles. The van der Waals surface area contributed by atoms with Crippen molar-refractivity contribution >= 4 is 5.91 Å². The van der Waals surface area contributed by atoms with E-state index in [1.54, 1.807) is 0 Å². The maximum atomic E-state index is 12.4. The fraction of sp³-hybridized carbons (Fsp3) is 0.938. The summed E-state index contributed by atoms with van der Waals surface area (Å²) < 4.78 is 0. The van der Waals surface area contributed by atoms with Crippen molar-refractivity contribution in [2.75, 3.05) is 0 Å². The number of nitrogens with one attached hydrogen (secondary N) is 1. The zero-order valence-electron chi connectivity index (χ0n) is 12.4. The summed E-state index contributed by atoms with van der Waals surface area (Å²) in [6.07, 6.45) is 8.97. The van der Waals surface area contributed by atoms with Crippen LogP contribution in [0.25, 0.3) is 0 Å². The van der Waals surface area contributed by atoms with Gasteiger partial charge in [-0.2, -0.15) is 0 Å². The van der Waals surface area contributed by atoms with Crippen LogP contribution in [0.3, 0.4) is 0 Å². The molecule has 4 fully saturated rings. The van der Waals surface area contributed by atoms with E-state index in [9.17, 15) is 4.79 Å². The predicted octanol–water partition coefficient (Wildman–Crippen LogP) is 2.59. The second kappa shape index (κ2) is 4.47. The number of hydrogen-bond acceptors (Lipinski definition) is 2. The molecule has 19 heavy (non-hydrogen) atoms. The fourth-order valence-corrected chi connectivity index (χ4v) is 5.50. The minimum absolute atomic E-state index is 0.0191. The highest BCUT2D eigenvalue weighted by Gasteiger charge is 2.56. The largest absolute Gasteiger partial charge is 0.350 e. The third-order valence-corrected chi connectivity index (χ3v) is 5.85. The summed E-state index contributed by atoms with van der Waals surface area (Å²) in [5.41, 5.74) is 6.63. The van der Waals surface area contributed by atoms with Gasteiger partial charge in [-0.1, -0.05) is 13.8 Å². The first-order valence-corrected chi connectivity index (χ1v) is 8.08. The molecule has 0 aromatic carbocycles. The molecule has 3 heteroatoms. The van der Waals surface area contributed by atoms with Gasteiger partial charge < -0.3 is 11.1 Å². The molecular weight excluding hydrogens is 236 g/mol. The number of rotatable bonds is 4. The number of nitrogens with two attached hydrogens (primary N) is 1. The lowest BCUT2D eigenvalue weighted by Crippen LogP contribution is -2.68. The van der Waals surface area contributed by atoms with Gasteiger partial charge in [0.05, 0.1) is 0 Å². The van der Waals surface area contributed by atoms with Gasteiger partial charge in [-0.3, -0.25) is 4.79 Å². The van der Waals surface area contributed by atoms with Gasteiger partial charge in [0, 0.05) is 17.0 Å². The lowest BCUT2D eigenvalue weighted by Gasteiger charge is -2.61. The summed E-state index contributed by atoms with van der Waals surface area (Å²) in [6.45, 7) is 4.22. The van der Waals surface area contributed by atoms with Crippen LogP contribution in [0.5, 0.6) is 0 Å². The highest BCUT2D eigenvalue weighted by molar-refractivity contribution is 5.79. The van der Waals surface area contributed by atoms with Gasteiger partial charge in [0.15, 0.2) is 0 Å². The predicted molar refractivity (Wildman–Crippen MR) is 76.5 cm³/mol. The van der Waals surface area contributed by atoms with Gasteiger partial charge in [-0.05, 0) is 63.2 Å². The number of amides is 1. The van der Waals surface area contributed by atoms with Crippen molar-refractivity contribution < 1.29 is 4.79 Å². The van der Waals surface area contributed by atoms with Crippen molar-refractivity contribution in [3.63, 3.8) is 0 Å². The van der Waals surface area contributed by atoms with Crippen molar-refractivity contribution in [3.05, 3.63) is 0 Å². The van der Waals surface area contributed by atoms with E-state index in [1.165, 1.54) is 32.1 Å². The molecule has 0 aromatic rings. The minimum atomic E-state index is 0.0191. The van der Waals surface area contributed by atoms with Crippen LogP contribution < -0.4 is 11.1 Å². The molecule has 0 aliphatic heterocycles. The first kappa shape index (κ1) is 13.4. The van der Waals surface area contributed by atoms with Crippen molar-refractivity contribution in [1.82, 2.24) is 5.32 Å². The Morgan fingerprint density at radius 3 is 2.26 bits per heavy atom. The molecule has 108 valence electrons. The van der Waals surface area contributed by atoms with Crippen LogP contribution in [-0.2, 0) is 4.79 Å². The maximum absolute atomic E-state index is 12.4. The second-order valence-electron chi connectivity index (χ2n) is 7.61. The highest BCUT2D eigenvalue weighted by atomic mass is 16.2. The lowest BCUT2D eigenvalue weighted by atomic mass is 9.50. The average molecular weight is 264 g/mol. The van der Waals surface area contributed by atoms with Crippen LogP contribution in [0, 0.1) is 17.8 Å². The molecule has 4 aliphatic carbocycles. The van der Waals surface area contributed by atoms with Crippen LogP contribution in [0.4, 0.5) is 0 Å². The van der Waals surface area contributed by atoms with Gasteiger partial charge in [0.1, 0.15) is 0 Å². The molecule has 0 aromatic heterocycles. The van der Waals surface area contributed by atoms with Gasteiger partial charge in [0.2, 0.25) is 5.91 Å². The zero-order valence-corrected chi connectivity index (χ0v) is 12.4. The summed E-state index contributed by atoms with van der Waals surface area (Å²) in [5.74, 6) is 1.97. The van der Waals surface area contributed by atoms with E-state index in [-0.39, 0.29) is 22.9 Å². The Morgan fingerprint density at radius 2 is 1.79 bits per heavy atom. The Kier molecular flexibility index (Phi) is 3.16. The topological polar surface area (TPSA) is 55.1 Å². The van der Waals surface area contributed by atoms with E-state index in [2.05, 4.69) is 19.2 Å². The van der Waals surface area contributed by atoms with Crippen LogP contribution >= 0.6 is 0 Å². The molecule has 0 spiro atoms. The molecular formula is C16H28N2O. The summed E-state index contributed by atoms with van der Waals surface area (Å²) in [4.78, 5) is 12.4. The van der Waals surface area contributed by atoms with Gasteiger partial charge in [-0.15, -0.1) is 0 Å². The molecule has 4 aliphatic rings. The molecule has 2 unspecified atom stereocenters. The molecule has 3 nitrogen and oxygen atoms in total. The standard InChI is InChI=1S/C16H28N2O/c1-3-13(4-2)14(19)18-16-8-11-5-12(9-16)7-15(17,6-11)10-16/h11-13H,3-10,17H2,1-2H3,(H,18,19). The summed E-state index contributed by atoms with van der Waals surface area (Å²) >= 11 is 0. The lowest BCUT2D eigenvalue weighted by molar-refractivity contribution is -0.131. The van der Waals surface area contributed by atoms with Crippen LogP contribution in [0.15, 0.2) is 0 Å². The number of hydrogen-bond donors (Lipinski definition) is 2. The first-order chi connectivity index (χ1) is 8.97. The normalized spacial score (nSPS) is 43.8. The van der Waals surface area contributed by atoms with E-state index in [0.717, 1.165) is 31.1 Å². The van der Waals surface area contributed by atoms with Gasteiger partial charge in [-0.25, -0.2) is 0 Å². The molecule has 4 bridgehead atoms. The third kappa shape index (κ3) is 2.31. The average Bonchev–Trinajstić information content (AvgIpc) is 2.25. The van der Waals surface area contributed by atoms with E-state index >= 15 is 0 Å². The molecule has 1 amide bonds. The SMILES string of the molecule is CCC(CC)C(=O)NC12CC3CC(CC(N)(C3)C1)C2. The molecule has 0 saturated heterocycles. The molecule has 4 rings (SSSR count). The summed E-state index contributed by atoms with van der Waals surface area (Å²) in [5, 5.41) is 3.43. The third-order valence-electron chi connectivity index (χ3n) is 5.85. The summed E-state index contributed by atoms with van der Waals surface area (Å²) in [6, 6.07) is 0. The second-order valence-corrected chi connectivity index (χ2v) is 7.61. The van der Waals surface area contributed by atoms with E-state index in [1.807, 2.05) is 0 Å². The van der Waals surface area contributed by atoms with E-state index in [4.69, 9.17) is 5.73 Å². The van der Waals surface area contributed by atoms with Crippen LogP contribution in [-0.4, -0.2) is 17.0 Å². The van der Waals surface area contributed by atoms with Crippen molar-refractivity contribution in [2.24, 2.45) is 23.5 Å². The Balaban J connectivity index is 1.75. The summed E-state index contributed by atoms with van der Waals surface area (Å²) in [7, 11) is 0. The number of carbonyl (C=O) groups is 1. The Bertz CT molecular complexity index is 361. The number of carbonyl (C=O) groups excluding carboxylic acids is 1. The van der Waals surface area contributed by atoms with Gasteiger partial charge >= 0.3 is 0 Å². The first-order valence-electron chi connectivity index (χ1n) is 8.08. The van der Waals surface area contributed by atoms with Crippen LogP contribution in [0.2, 0.25) is 0 Å². The van der Waals surface area contributed by atoms with E-state index < -0.39 is 0 Å². The molecule has 3 N–H and O–H groups in total. The Labute approximate surface area is 116 Å². The molecule has 0 heterocycles. The monoisotopic (exact) mass is 264 g/mol. The molecule has 0 radical (unpaired) electrons. The van der Waals surface area contributed by atoms with Gasteiger partial charge in [0.25, 0.3) is 0 Å². The van der Waals surface area contributed by atoms with Crippen molar-refractivity contribution in [2.45, 2.75) is 76.3 Å². The quantitative estimate of drug-likeness (QED) is 0.820. The Morgan fingerprint density at radius 1 is 1.21 bits per heavy atom. The van der Waals surface area contributed by atoms with E-state index in [0.29, 0.717) is 0 Å². The highest BCUT2D eigenvalue weighted by Crippen LogP contribution is 2.56. The fourth-order valence-electron chi connectivity index (χ4n) is 5.50. The smallest absolute Gasteiger partial charge is 0.223 e. The van der Waals surface area contributed by atoms with Crippen LogP contribution in [0.1, 0.15) is 65.2 Å². The maximum Gasteiger partial charge on any atom is 0.223 e. The zero-order chi connectivity index (χ0) is 13.7. The minimum Gasteiger partial charge on any atom is -0.350 e.